The average molecular weight is 478 g/mol. The van der Waals surface area contributed by atoms with E-state index in [9.17, 15) is 19.5 Å². The molecular formula is C26H43N3O5. The van der Waals surface area contributed by atoms with Crippen LogP contribution in [0.4, 0.5) is 0 Å². The van der Waals surface area contributed by atoms with E-state index in [1.165, 1.54) is 7.11 Å². The van der Waals surface area contributed by atoms with Crippen molar-refractivity contribution < 1.29 is 24.2 Å². The molecule has 0 fully saturated rings. The van der Waals surface area contributed by atoms with Crippen LogP contribution in [0.15, 0.2) is 30.3 Å². The molecule has 0 aliphatic rings. The van der Waals surface area contributed by atoms with Gasteiger partial charge in [0.15, 0.2) is 0 Å². The fourth-order valence-electron chi connectivity index (χ4n) is 4.59. The molecule has 0 saturated heterocycles. The minimum Gasteiger partial charge on any atom is -0.481 e. The standard InChI is InChI=1S/C26H43N3O5/c1-9-18(4)24(21(34-8)16-22(30)31)29(7)26(33)20(15-19-13-11-10-12-14-19)27-25(32)23(17(2)3)28(5)6/h10-14,17-18,20-21,23-24H,9,15-16H2,1-8H3,(H,27,32)(H,30,31)/t18-,20-,21+,23-,24-/m0/s1. The average Bonchev–Trinajstić information content (AvgIpc) is 2.77. The summed E-state index contributed by atoms with van der Waals surface area (Å²) < 4.78 is 5.53. The molecule has 0 heterocycles. The van der Waals surface area contributed by atoms with Gasteiger partial charge in [0.05, 0.1) is 24.6 Å². The minimum atomic E-state index is -0.985. The zero-order chi connectivity index (χ0) is 26.0. The maximum absolute atomic E-state index is 13.8. The second-order valence-electron chi connectivity index (χ2n) is 9.60. The highest BCUT2D eigenvalue weighted by atomic mass is 16.5. The van der Waals surface area contributed by atoms with Crippen molar-refractivity contribution in [2.24, 2.45) is 11.8 Å². The number of carboxylic acids is 1. The topological polar surface area (TPSA) is 99.2 Å². The summed E-state index contributed by atoms with van der Waals surface area (Å²) in [6, 6.07) is 7.91. The molecule has 1 aromatic carbocycles. The third-order valence-corrected chi connectivity index (χ3v) is 6.43. The molecule has 192 valence electrons. The lowest BCUT2D eigenvalue weighted by Crippen LogP contribution is -2.58. The van der Waals surface area contributed by atoms with Crippen molar-refractivity contribution in [3.63, 3.8) is 0 Å². The van der Waals surface area contributed by atoms with Gasteiger partial charge in [-0.05, 0) is 31.5 Å². The Morgan fingerprint density at radius 2 is 1.65 bits per heavy atom. The zero-order valence-electron chi connectivity index (χ0n) is 21.9. The van der Waals surface area contributed by atoms with Gasteiger partial charge in [-0.2, -0.15) is 0 Å². The SMILES string of the molecule is CC[C@H](C)[C@@H]([C@@H](CC(=O)O)OC)N(C)C(=O)[C@H](Cc1ccccc1)NC(=O)[C@H](C(C)C)N(C)C. The van der Waals surface area contributed by atoms with Crippen molar-refractivity contribution in [2.45, 2.75) is 71.2 Å². The van der Waals surface area contributed by atoms with E-state index in [2.05, 4.69) is 5.32 Å². The van der Waals surface area contributed by atoms with E-state index >= 15 is 0 Å². The molecule has 0 radical (unpaired) electrons. The van der Waals surface area contributed by atoms with Gasteiger partial charge < -0.3 is 20.1 Å². The Labute approximate surface area is 204 Å². The first-order chi connectivity index (χ1) is 15.9. The fraction of sp³-hybridized carbons (Fsp3) is 0.654. The molecule has 2 amide bonds. The van der Waals surface area contributed by atoms with Gasteiger partial charge in [0.25, 0.3) is 0 Å². The molecule has 0 aromatic heterocycles. The number of benzene rings is 1. The summed E-state index contributed by atoms with van der Waals surface area (Å²) in [4.78, 5) is 41.9. The van der Waals surface area contributed by atoms with Crippen molar-refractivity contribution in [1.29, 1.82) is 0 Å². The van der Waals surface area contributed by atoms with Crippen LogP contribution in [-0.4, -0.2) is 85.2 Å². The smallest absolute Gasteiger partial charge is 0.306 e. The Morgan fingerprint density at radius 3 is 2.09 bits per heavy atom. The molecule has 0 aliphatic heterocycles. The summed E-state index contributed by atoms with van der Waals surface area (Å²) in [6.45, 7) is 7.92. The molecule has 8 heteroatoms. The predicted molar refractivity (Wildman–Crippen MR) is 133 cm³/mol. The van der Waals surface area contributed by atoms with Crippen LogP contribution >= 0.6 is 0 Å². The maximum Gasteiger partial charge on any atom is 0.306 e. The van der Waals surface area contributed by atoms with E-state index in [1.807, 2.05) is 77.0 Å². The number of carbonyl (C=O) groups excluding carboxylic acids is 2. The Hall–Kier alpha value is -2.45. The van der Waals surface area contributed by atoms with Gasteiger partial charge in [0.1, 0.15) is 6.04 Å². The molecule has 0 aliphatic carbocycles. The Balaban J connectivity index is 3.32. The quantitative estimate of drug-likeness (QED) is 0.427. The summed E-state index contributed by atoms with van der Waals surface area (Å²) >= 11 is 0. The second-order valence-corrected chi connectivity index (χ2v) is 9.60. The number of hydrogen-bond acceptors (Lipinski definition) is 5. The van der Waals surface area contributed by atoms with Crippen molar-refractivity contribution in [3.8, 4) is 0 Å². The highest BCUT2D eigenvalue weighted by Crippen LogP contribution is 2.23. The van der Waals surface area contributed by atoms with Crippen LogP contribution in [0.3, 0.4) is 0 Å². The van der Waals surface area contributed by atoms with Crippen LogP contribution < -0.4 is 5.32 Å². The van der Waals surface area contributed by atoms with Crippen molar-refractivity contribution in [2.75, 3.05) is 28.3 Å². The third-order valence-electron chi connectivity index (χ3n) is 6.43. The summed E-state index contributed by atoms with van der Waals surface area (Å²) in [5.41, 5.74) is 0.925. The van der Waals surface area contributed by atoms with Gasteiger partial charge in [-0.25, -0.2) is 0 Å². The second kappa shape index (κ2) is 14.1. The number of hydrogen-bond donors (Lipinski definition) is 2. The Morgan fingerprint density at radius 1 is 1.06 bits per heavy atom. The molecule has 0 unspecified atom stereocenters. The number of rotatable bonds is 14. The van der Waals surface area contributed by atoms with Gasteiger partial charge in [-0.1, -0.05) is 64.4 Å². The molecule has 1 rings (SSSR count). The molecule has 0 saturated carbocycles. The predicted octanol–water partition coefficient (Wildman–Crippen LogP) is 2.66. The molecule has 0 spiro atoms. The molecule has 34 heavy (non-hydrogen) atoms. The number of methoxy groups -OCH3 is 1. The van der Waals surface area contributed by atoms with E-state index in [-0.39, 0.29) is 36.1 Å². The molecule has 0 bridgehead atoms. The van der Waals surface area contributed by atoms with Crippen LogP contribution in [0.1, 0.15) is 46.1 Å². The van der Waals surface area contributed by atoms with Crippen molar-refractivity contribution in [3.05, 3.63) is 35.9 Å². The van der Waals surface area contributed by atoms with Crippen LogP contribution in [0.2, 0.25) is 0 Å². The molecular weight excluding hydrogens is 434 g/mol. The first-order valence-electron chi connectivity index (χ1n) is 12.0. The summed E-state index contributed by atoms with van der Waals surface area (Å²) in [5.74, 6) is -1.41. The molecule has 2 N–H and O–H groups in total. The zero-order valence-corrected chi connectivity index (χ0v) is 21.9. The normalized spacial score (nSPS) is 15.9. The summed E-state index contributed by atoms with van der Waals surface area (Å²) in [7, 11) is 6.83. The molecule has 1 aromatic rings. The summed E-state index contributed by atoms with van der Waals surface area (Å²) in [5, 5.41) is 12.4. The van der Waals surface area contributed by atoms with Crippen molar-refractivity contribution in [1.82, 2.24) is 15.1 Å². The van der Waals surface area contributed by atoms with E-state index in [0.717, 1.165) is 12.0 Å². The fourth-order valence-corrected chi connectivity index (χ4v) is 4.59. The Bertz CT molecular complexity index is 776. The first kappa shape index (κ1) is 29.6. The number of likely N-dealkylation sites (N-methyl/N-ethyl adjacent to an activating group) is 2. The number of aliphatic carboxylic acids is 1. The lowest BCUT2D eigenvalue weighted by atomic mass is 9.90. The van der Waals surface area contributed by atoms with Crippen LogP contribution in [-0.2, 0) is 25.5 Å². The van der Waals surface area contributed by atoms with Gasteiger partial charge in [-0.3, -0.25) is 19.3 Å². The maximum atomic E-state index is 13.8. The van der Waals surface area contributed by atoms with E-state index < -0.39 is 24.2 Å². The number of nitrogens with one attached hydrogen (secondary N) is 1. The molecule has 8 nitrogen and oxygen atoms in total. The lowest BCUT2D eigenvalue weighted by Gasteiger charge is -2.39. The Kier molecular flexibility index (Phi) is 12.2. The van der Waals surface area contributed by atoms with Gasteiger partial charge in [-0.15, -0.1) is 0 Å². The molecule has 5 atom stereocenters. The van der Waals surface area contributed by atoms with E-state index in [1.54, 1.807) is 11.9 Å². The number of ether oxygens (including phenoxy) is 1. The number of nitrogens with zero attached hydrogens (tertiary/aromatic N) is 2. The highest BCUT2D eigenvalue weighted by molar-refractivity contribution is 5.90. The number of carbonyl (C=O) groups is 3. The summed E-state index contributed by atoms with van der Waals surface area (Å²) in [6.07, 6.45) is 0.194. The van der Waals surface area contributed by atoms with Gasteiger partial charge >= 0.3 is 5.97 Å². The lowest BCUT2D eigenvalue weighted by molar-refractivity contribution is -0.147. The van der Waals surface area contributed by atoms with Gasteiger partial charge in [0.2, 0.25) is 11.8 Å². The van der Waals surface area contributed by atoms with Crippen molar-refractivity contribution >= 4 is 17.8 Å². The van der Waals surface area contributed by atoms with E-state index in [4.69, 9.17) is 4.74 Å². The highest BCUT2D eigenvalue weighted by Gasteiger charge is 2.37. The third kappa shape index (κ3) is 8.40. The van der Waals surface area contributed by atoms with E-state index in [0.29, 0.717) is 6.42 Å². The van der Waals surface area contributed by atoms with Gasteiger partial charge in [0, 0.05) is 20.6 Å². The minimum absolute atomic E-state index is 0.00323. The monoisotopic (exact) mass is 477 g/mol. The number of amides is 2. The number of carboxylic acid groups (broad SMARTS) is 1. The van der Waals surface area contributed by atoms with Crippen LogP contribution in [0.5, 0.6) is 0 Å². The first-order valence-corrected chi connectivity index (χ1v) is 12.0. The largest absolute Gasteiger partial charge is 0.481 e. The van der Waals surface area contributed by atoms with Crippen LogP contribution in [0.25, 0.3) is 0 Å². The van der Waals surface area contributed by atoms with Crippen LogP contribution in [0, 0.1) is 11.8 Å².